The number of hydrogen-bond donors (Lipinski definition) is 1. The summed E-state index contributed by atoms with van der Waals surface area (Å²) in [5, 5.41) is 1.01. The highest BCUT2D eigenvalue weighted by atomic mass is 16.5. The number of nitrogens with two attached hydrogens (primary N) is 1. The van der Waals surface area contributed by atoms with Crippen molar-refractivity contribution in [3.8, 4) is 5.88 Å². The lowest BCUT2D eigenvalue weighted by Gasteiger charge is -2.13. The quantitative estimate of drug-likeness (QED) is 0.821. The number of pyridine rings is 1. The summed E-state index contributed by atoms with van der Waals surface area (Å²) in [5.41, 5.74) is 7.32. The van der Waals surface area contributed by atoms with Crippen molar-refractivity contribution in [1.29, 1.82) is 0 Å². The summed E-state index contributed by atoms with van der Waals surface area (Å²) in [6.45, 7) is 2.49. The highest BCUT2D eigenvalue weighted by molar-refractivity contribution is 5.82. The smallest absolute Gasteiger partial charge is 0.214 e. The Balaban J connectivity index is 2.23. The molecule has 1 aromatic heterocycles. The molecule has 0 saturated carbocycles. The lowest BCUT2D eigenvalue weighted by Crippen LogP contribution is -2.18. The maximum absolute atomic E-state index is 5.71. The minimum absolute atomic E-state index is 0.0151. The van der Waals surface area contributed by atoms with E-state index in [0.717, 1.165) is 16.6 Å². The van der Waals surface area contributed by atoms with E-state index in [2.05, 4.69) is 4.98 Å². The van der Waals surface area contributed by atoms with Gasteiger partial charge in [-0.1, -0.05) is 0 Å². The molecular formula is C13H16N2O2. The topological polar surface area (TPSA) is 57.4 Å². The monoisotopic (exact) mass is 232 g/mol. The fourth-order valence-corrected chi connectivity index (χ4v) is 1.67. The van der Waals surface area contributed by atoms with Gasteiger partial charge in [0.05, 0.1) is 12.1 Å². The van der Waals surface area contributed by atoms with Gasteiger partial charge in [-0.3, -0.25) is 0 Å². The Labute approximate surface area is 100 Å². The van der Waals surface area contributed by atoms with Crippen LogP contribution in [0.3, 0.4) is 0 Å². The van der Waals surface area contributed by atoms with Crippen LogP contribution in [0.2, 0.25) is 0 Å². The molecule has 0 aliphatic carbocycles. The van der Waals surface area contributed by atoms with Crippen LogP contribution in [-0.2, 0) is 4.74 Å². The van der Waals surface area contributed by atoms with Crippen molar-refractivity contribution >= 4 is 16.6 Å². The van der Waals surface area contributed by atoms with E-state index in [1.807, 2.05) is 37.3 Å². The molecule has 90 valence electrons. The molecule has 0 fully saturated rings. The molecule has 0 spiro atoms. The summed E-state index contributed by atoms with van der Waals surface area (Å²) < 4.78 is 10.6. The highest BCUT2D eigenvalue weighted by Crippen LogP contribution is 2.19. The summed E-state index contributed by atoms with van der Waals surface area (Å²) in [6.07, 6.45) is -0.0151. The Hall–Kier alpha value is -1.81. The van der Waals surface area contributed by atoms with Crippen molar-refractivity contribution < 1.29 is 9.47 Å². The van der Waals surface area contributed by atoms with Crippen LogP contribution in [0.4, 0.5) is 5.69 Å². The number of nitrogen functional groups attached to an aromatic ring is 1. The predicted octanol–water partition coefficient (Wildman–Crippen LogP) is 2.23. The van der Waals surface area contributed by atoms with Gasteiger partial charge >= 0.3 is 0 Å². The number of hydrogen-bond acceptors (Lipinski definition) is 4. The first-order chi connectivity index (χ1) is 8.19. The van der Waals surface area contributed by atoms with Crippen LogP contribution in [0.5, 0.6) is 5.88 Å². The van der Waals surface area contributed by atoms with Crippen molar-refractivity contribution in [3.05, 3.63) is 30.3 Å². The van der Waals surface area contributed by atoms with E-state index >= 15 is 0 Å². The summed E-state index contributed by atoms with van der Waals surface area (Å²) in [4.78, 5) is 4.41. The van der Waals surface area contributed by atoms with Crippen molar-refractivity contribution in [2.75, 3.05) is 19.5 Å². The molecule has 0 amide bonds. The van der Waals surface area contributed by atoms with Gasteiger partial charge in [-0.05, 0) is 31.2 Å². The van der Waals surface area contributed by atoms with E-state index < -0.39 is 0 Å². The molecule has 1 atom stereocenters. The van der Waals surface area contributed by atoms with Crippen molar-refractivity contribution in [2.24, 2.45) is 0 Å². The molecule has 0 aliphatic rings. The summed E-state index contributed by atoms with van der Waals surface area (Å²) in [7, 11) is 1.65. The van der Waals surface area contributed by atoms with Crippen LogP contribution < -0.4 is 10.5 Å². The Morgan fingerprint density at radius 2 is 2.12 bits per heavy atom. The standard InChI is InChI=1S/C13H16N2O2/c1-9(8-16-2)17-13-6-3-10-7-11(14)4-5-12(10)15-13/h3-7,9H,8,14H2,1-2H3. The van der Waals surface area contributed by atoms with Gasteiger partial charge in [0.25, 0.3) is 0 Å². The third kappa shape index (κ3) is 2.85. The second-order valence-corrected chi connectivity index (χ2v) is 3.99. The number of anilines is 1. The first-order valence-electron chi connectivity index (χ1n) is 5.51. The maximum Gasteiger partial charge on any atom is 0.214 e. The molecule has 4 nitrogen and oxygen atoms in total. The third-order valence-electron chi connectivity index (χ3n) is 2.41. The van der Waals surface area contributed by atoms with Crippen molar-refractivity contribution in [1.82, 2.24) is 4.98 Å². The first kappa shape index (κ1) is 11.7. The Morgan fingerprint density at radius 1 is 1.29 bits per heavy atom. The number of methoxy groups -OCH3 is 1. The second-order valence-electron chi connectivity index (χ2n) is 3.99. The first-order valence-corrected chi connectivity index (χ1v) is 5.51. The van der Waals surface area contributed by atoms with Crippen LogP contribution in [0.15, 0.2) is 30.3 Å². The van der Waals surface area contributed by atoms with Crippen molar-refractivity contribution in [3.63, 3.8) is 0 Å². The molecule has 2 N–H and O–H groups in total. The van der Waals surface area contributed by atoms with Gasteiger partial charge in [-0.25, -0.2) is 4.98 Å². The fraction of sp³-hybridized carbons (Fsp3) is 0.308. The molecule has 0 radical (unpaired) electrons. The number of benzene rings is 1. The third-order valence-corrected chi connectivity index (χ3v) is 2.41. The van der Waals surface area contributed by atoms with Crippen LogP contribution >= 0.6 is 0 Å². The lowest BCUT2D eigenvalue weighted by atomic mass is 10.2. The average molecular weight is 232 g/mol. The van der Waals surface area contributed by atoms with E-state index in [9.17, 15) is 0 Å². The van der Waals surface area contributed by atoms with Crippen molar-refractivity contribution in [2.45, 2.75) is 13.0 Å². The minimum atomic E-state index is -0.0151. The average Bonchev–Trinajstić information content (AvgIpc) is 2.29. The molecule has 0 aliphatic heterocycles. The molecule has 2 rings (SSSR count). The van der Waals surface area contributed by atoms with Crippen LogP contribution in [0.25, 0.3) is 10.9 Å². The molecule has 1 aromatic carbocycles. The summed E-state index contributed by atoms with van der Waals surface area (Å²) in [5.74, 6) is 0.604. The fourth-order valence-electron chi connectivity index (χ4n) is 1.67. The minimum Gasteiger partial charge on any atom is -0.472 e. The van der Waals surface area contributed by atoms with Gasteiger partial charge in [0, 0.05) is 24.2 Å². The van der Waals surface area contributed by atoms with E-state index in [1.54, 1.807) is 7.11 Å². The van der Waals surface area contributed by atoms with Gasteiger partial charge in [-0.2, -0.15) is 0 Å². The maximum atomic E-state index is 5.71. The van der Waals surface area contributed by atoms with Gasteiger partial charge in [0.1, 0.15) is 6.10 Å². The number of aromatic nitrogens is 1. The molecular weight excluding hydrogens is 216 g/mol. The molecule has 2 aromatic rings. The Kier molecular flexibility index (Phi) is 3.44. The van der Waals surface area contributed by atoms with Gasteiger partial charge in [-0.15, -0.1) is 0 Å². The summed E-state index contributed by atoms with van der Waals surface area (Å²) >= 11 is 0. The number of nitrogens with zero attached hydrogens (tertiary/aromatic N) is 1. The van der Waals surface area contributed by atoms with E-state index in [4.69, 9.17) is 15.2 Å². The Morgan fingerprint density at radius 3 is 2.88 bits per heavy atom. The lowest BCUT2D eigenvalue weighted by molar-refractivity contribution is 0.0892. The SMILES string of the molecule is COCC(C)Oc1ccc2cc(N)ccc2n1. The van der Waals surface area contributed by atoms with E-state index in [0.29, 0.717) is 12.5 Å². The van der Waals surface area contributed by atoms with Crippen LogP contribution in [0, 0.1) is 0 Å². The molecule has 1 unspecified atom stereocenters. The number of fused-ring (bicyclic) bond motifs is 1. The zero-order valence-corrected chi connectivity index (χ0v) is 10.0. The number of rotatable bonds is 4. The van der Waals surface area contributed by atoms with Crippen LogP contribution in [0.1, 0.15) is 6.92 Å². The van der Waals surface area contributed by atoms with Gasteiger partial charge in [0.2, 0.25) is 5.88 Å². The van der Waals surface area contributed by atoms with Crippen LogP contribution in [-0.4, -0.2) is 24.8 Å². The molecule has 1 heterocycles. The molecule has 0 saturated heterocycles. The van der Waals surface area contributed by atoms with Gasteiger partial charge < -0.3 is 15.2 Å². The zero-order valence-electron chi connectivity index (χ0n) is 10.0. The number of ether oxygens (including phenoxy) is 2. The highest BCUT2D eigenvalue weighted by Gasteiger charge is 2.05. The second kappa shape index (κ2) is 5.01. The predicted molar refractivity (Wildman–Crippen MR) is 68.1 cm³/mol. The molecule has 17 heavy (non-hydrogen) atoms. The normalized spacial score (nSPS) is 12.6. The van der Waals surface area contributed by atoms with E-state index in [1.165, 1.54) is 0 Å². The zero-order chi connectivity index (χ0) is 12.3. The molecule has 4 heteroatoms. The largest absolute Gasteiger partial charge is 0.472 e. The van der Waals surface area contributed by atoms with E-state index in [-0.39, 0.29) is 6.10 Å². The van der Waals surface area contributed by atoms with Gasteiger partial charge in [0.15, 0.2) is 0 Å². The summed E-state index contributed by atoms with van der Waals surface area (Å²) in [6, 6.07) is 9.41. The molecule has 0 bridgehead atoms. The Bertz CT molecular complexity index is 514.